The molecule has 0 fully saturated rings. The predicted molar refractivity (Wildman–Crippen MR) is 75.8 cm³/mol. The molecule has 0 unspecified atom stereocenters. The minimum Gasteiger partial charge on any atom is -0.371 e. The molecule has 0 aliphatic carbocycles. The zero-order chi connectivity index (χ0) is 13.2. The van der Waals surface area contributed by atoms with Crippen LogP contribution < -0.4 is 9.21 Å². The molecule has 0 aromatic heterocycles. The third-order valence-electron chi connectivity index (χ3n) is 3.29. The zero-order valence-electron chi connectivity index (χ0n) is 11.0. The van der Waals surface area contributed by atoms with E-state index in [0.717, 1.165) is 30.8 Å². The van der Waals surface area contributed by atoms with Crippen molar-refractivity contribution in [2.45, 2.75) is 19.8 Å². The van der Waals surface area contributed by atoms with Gasteiger partial charge in [0, 0.05) is 13.6 Å². The van der Waals surface area contributed by atoms with Crippen LogP contribution in [0.4, 0.5) is 11.4 Å². The van der Waals surface area contributed by atoms with Crippen molar-refractivity contribution in [1.29, 1.82) is 0 Å². The first-order valence-corrected chi connectivity index (χ1v) is 7.98. The summed E-state index contributed by atoms with van der Waals surface area (Å²) < 4.78 is 26.2. The van der Waals surface area contributed by atoms with Crippen molar-refractivity contribution in [3.63, 3.8) is 0 Å². The fourth-order valence-corrected chi connectivity index (χ4v) is 3.89. The number of likely N-dealkylation sites (N-methyl/N-ethyl adjacent to an activating group) is 1. The maximum atomic E-state index is 12.3. The smallest absolute Gasteiger partial charge is 0.235 e. The Morgan fingerprint density at radius 2 is 1.83 bits per heavy atom. The Morgan fingerprint density at radius 1 is 1.17 bits per heavy atom. The molecule has 0 spiro atoms. The number of hydrogen-bond acceptors (Lipinski definition) is 3. The van der Waals surface area contributed by atoms with Crippen molar-refractivity contribution < 1.29 is 8.42 Å². The Labute approximate surface area is 109 Å². The van der Waals surface area contributed by atoms with Crippen LogP contribution in [0.3, 0.4) is 0 Å². The van der Waals surface area contributed by atoms with Gasteiger partial charge < -0.3 is 4.90 Å². The highest BCUT2D eigenvalue weighted by Gasteiger charge is 2.28. The maximum absolute atomic E-state index is 12.3. The van der Waals surface area contributed by atoms with E-state index in [-0.39, 0.29) is 5.75 Å². The van der Waals surface area contributed by atoms with Gasteiger partial charge in [0.15, 0.2) is 0 Å². The number of unbranched alkanes of at least 4 members (excludes halogenated alkanes) is 1. The molecule has 18 heavy (non-hydrogen) atoms. The predicted octanol–water partition coefficient (Wildman–Crippen LogP) is 2.07. The molecular weight excluding hydrogens is 248 g/mol. The van der Waals surface area contributed by atoms with Gasteiger partial charge in [-0.2, -0.15) is 0 Å². The summed E-state index contributed by atoms with van der Waals surface area (Å²) in [5.74, 6) is 0.238. The van der Waals surface area contributed by atoms with E-state index in [1.165, 1.54) is 0 Å². The minimum absolute atomic E-state index is 0.238. The van der Waals surface area contributed by atoms with Crippen LogP contribution in [-0.4, -0.2) is 34.3 Å². The summed E-state index contributed by atoms with van der Waals surface area (Å²) in [7, 11) is -1.18. The lowest BCUT2D eigenvalue weighted by Crippen LogP contribution is -2.43. The lowest BCUT2D eigenvalue weighted by atomic mass is 10.2. The topological polar surface area (TPSA) is 40.6 Å². The molecule has 2 rings (SSSR count). The van der Waals surface area contributed by atoms with Crippen molar-refractivity contribution in [2.24, 2.45) is 0 Å². The number of anilines is 2. The summed E-state index contributed by atoms with van der Waals surface area (Å²) in [6, 6.07) is 7.68. The molecule has 1 aromatic rings. The molecule has 0 N–H and O–H groups in total. The molecule has 1 aliphatic heterocycles. The molecule has 0 atom stereocenters. The third-order valence-corrected chi connectivity index (χ3v) is 5.15. The highest BCUT2D eigenvalue weighted by molar-refractivity contribution is 7.92. The quantitative estimate of drug-likeness (QED) is 0.839. The van der Waals surface area contributed by atoms with Crippen LogP contribution in [0.5, 0.6) is 0 Å². The van der Waals surface area contributed by atoms with Gasteiger partial charge in [0.25, 0.3) is 0 Å². The Hall–Kier alpha value is -1.23. The highest BCUT2D eigenvalue weighted by atomic mass is 32.2. The van der Waals surface area contributed by atoms with Crippen molar-refractivity contribution in [3.8, 4) is 0 Å². The van der Waals surface area contributed by atoms with Crippen LogP contribution in [0.1, 0.15) is 19.8 Å². The minimum atomic E-state index is -3.18. The van der Waals surface area contributed by atoms with Gasteiger partial charge in [0.1, 0.15) is 0 Å². The van der Waals surface area contributed by atoms with E-state index in [9.17, 15) is 8.42 Å². The van der Waals surface area contributed by atoms with Gasteiger partial charge in [0.2, 0.25) is 10.0 Å². The second kappa shape index (κ2) is 5.18. The molecule has 4 nitrogen and oxygen atoms in total. The fourth-order valence-electron chi connectivity index (χ4n) is 2.21. The summed E-state index contributed by atoms with van der Waals surface area (Å²) in [5.41, 5.74) is 1.80. The summed E-state index contributed by atoms with van der Waals surface area (Å²) in [5, 5.41) is 0. The Balaban J connectivity index is 2.34. The van der Waals surface area contributed by atoms with E-state index < -0.39 is 10.0 Å². The Kier molecular flexibility index (Phi) is 3.80. The van der Waals surface area contributed by atoms with E-state index in [4.69, 9.17) is 0 Å². The number of sulfonamides is 1. The van der Waals surface area contributed by atoms with Gasteiger partial charge in [-0.15, -0.1) is 0 Å². The summed E-state index contributed by atoms with van der Waals surface area (Å²) >= 11 is 0. The third kappa shape index (κ3) is 2.46. The molecule has 1 heterocycles. The van der Waals surface area contributed by atoms with Gasteiger partial charge in [0.05, 0.1) is 23.7 Å². The van der Waals surface area contributed by atoms with Crippen LogP contribution in [0, 0.1) is 0 Å². The van der Waals surface area contributed by atoms with Crippen molar-refractivity contribution in [3.05, 3.63) is 24.3 Å². The van der Waals surface area contributed by atoms with Crippen LogP contribution >= 0.6 is 0 Å². The van der Waals surface area contributed by atoms with Gasteiger partial charge in [-0.1, -0.05) is 25.5 Å². The molecule has 1 aliphatic rings. The van der Waals surface area contributed by atoms with Gasteiger partial charge in [-0.3, -0.25) is 4.31 Å². The number of para-hydroxylation sites is 2. The van der Waals surface area contributed by atoms with Crippen molar-refractivity contribution in [2.75, 3.05) is 35.1 Å². The van der Waals surface area contributed by atoms with Crippen LogP contribution in [0.15, 0.2) is 24.3 Å². The van der Waals surface area contributed by atoms with Gasteiger partial charge in [-0.25, -0.2) is 8.42 Å². The Bertz CT molecular complexity index is 513. The molecule has 0 bridgehead atoms. The number of fused-ring (bicyclic) bond motifs is 1. The van der Waals surface area contributed by atoms with Crippen molar-refractivity contribution >= 4 is 21.4 Å². The number of nitrogens with zero attached hydrogens (tertiary/aromatic N) is 2. The van der Waals surface area contributed by atoms with Crippen molar-refractivity contribution in [1.82, 2.24) is 0 Å². The second-order valence-electron chi connectivity index (χ2n) is 4.65. The standard InChI is InChI=1S/C13H20N2O2S/c1-3-4-11-18(16,17)15-10-9-14(2)12-7-5-6-8-13(12)15/h5-8H,3-4,9-11H2,1-2H3. The van der Waals surface area contributed by atoms with E-state index >= 15 is 0 Å². The van der Waals surface area contributed by atoms with E-state index in [2.05, 4.69) is 4.90 Å². The van der Waals surface area contributed by atoms with E-state index in [1.807, 2.05) is 38.2 Å². The monoisotopic (exact) mass is 268 g/mol. The molecule has 0 amide bonds. The van der Waals surface area contributed by atoms with Crippen LogP contribution in [0.2, 0.25) is 0 Å². The lowest BCUT2D eigenvalue weighted by molar-refractivity contribution is 0.586. The first-order valence-electron chi connectivity index (χ1n) is 6.37. The first kappa shape index (κ1) is 13.2. The summed E-state index contributed by atoms with van der Waals surface area (Å²) in [6.45, 7) is 3.29. The van der Waals surface area contributed by atoms with Crippen LogP contribution in [0.25, 0.3) is 0 Å². The average Bonchev–Trinajstić information content (AvgIpc) is 2.37. The highest BCUT2D eigenvalue weighted by Crippen LogP contribution is 2.33. The molecule has 5 heteroatoms. The molecule has 0 radical (unpaired) electrons. The van der Waals surface area contributed by atoms with E-state index in [0.29, 0.717) is 6.54 Å². The largest absolute Gasteiger partial charge is 0.371 e. The second-order valence-corrected chi connectivity index (χ2v) is 6.66. The SMILES string of the molecule is CCCCS(=O)(=O)N1CCN(C)c2ccccc21. The van der Waals surface area contributed by atoms with Gasteiger partial charge in [-0.05, 0) is 18.6 Å². The number of benzene rings is 1. The lowest BCUT2D eigenvalue weighted by Gasteiger charge is -2.36. The molecular formula is C13H20N2O2S. The normalized spacial score (nSPS) is 15.7. The zero-order valence-corrected chi connectivity index (χ0v) is 11.8. The molecule has 0 saturated heterocycles. The number of hydrogen-bond donors (Lipinski definition) is 0. The first-order chi connectivity index (χ1) is 8.56. The number of rotatable bonds is 4. The molecule has 100 valence electrons. The molecule has 1 aromatic carbocycles. The average molecular weight is 268 g/mol. The maximum Gasteiger partial charge on any atom is 0.235 e. The fraction of sp³-hybridized carbons (Fsp3) is 0.538. The van der Waals surface area contributed by atoms with Crippen LogP contribution in [-0.2, 0) is 10.0 Å². The summed E-state index contributed by atoms with van der Waals surface area (Å²) in [4.78, 5) is 2.10. The molecule has 0 saturated carbocycles. The Morgan fingerprint density at radius 3 is 2.50 bits per heavy atom. The van der Waals surface area contributed by atoms with Gasteiger partial charge >= 0.3 is 0 Å². The summed E-state index contributed by atoms with van der Waals surface area (Å²) in [6.07, 6.45) is 1.62. The van der Waals surface area contributed by atoms with E-state index in [1.54, 1.807) is 4.31 Å².